The zero-order chi connectivity index (χ0) is 35.8. The predicted molar refractivity (Wildman–Crippen MR) is 227 cm³/mol. The minimum atomic E-state index is -0.479. The van der Waals surface area contributed by atoms with Crippen LogP contribution in [0.2, 0.25) is 0 Å². The van der Waals surface area contributed by atoms with Crippen LogP contribution >= 0.6 is 0 Å². The van der Waals surface area contributed by atoms with Gasteiger partial charge in [0, 0.05) is 27.7 Å². The molecule has 2 aliphatic heterocycles. The molecule has 0 saturated carbocycles. The maximum absolute atomic E-state index is 6.49. The summed E-state index contributed by atoms with van der Waals surface area (Å²) in [5, 5.41) is 2.25. The lowest BCUT2D eigenvalue weighted by atomic mass is 9.54. The number of aromatic nitrogens is 1. The summed E-state index contributed by atoms with van der Waals surface area (Å²) in [5.41, 5.74) is 19.2. The lowest BCUT2D eigenvalue weighted by molar-refractivity contribution is 0.673. The number of fused-ring (bicyclic) bond motifs is 9. The summed E-state index contributed by atoms with van der Waals surface area (Å²) in [7, 11) is 0.845. The van der Waals surface area contributed by atoms with Gasteiger partial charge in [0.15, 0.2) is 12.9 Å². The molecule has 0 bridgehead atoms. The quantitative estimate of drug-likeness (QED) is 0.133. The average Bonchev–Trinajstić information content (AvgIpc) is 3.78. The van der Waals surface area contributed by atoms with Crippen molar-refractivity contribution < 1.29 is 4.42 Å². The molecule has 0 unspecified atom stereocenters. The van der Waals surface area contributed by atoms with E-state index in [1.165, 1.54) is 86.2 Å². The van der Waals surface area contributed by atoms with Gasteiger partial charge >= 0.3 is 0 Å². The summed E-state index contributed by atoms with van der Waals surface area (Å²) < 4.78 is 6.49. The third-order valence-corrected chi connectivity index (χ3v) is 12.1. The molecule has 0 radical (unpaired) electrons. The zero-order valence-corrected chi connectivity index (χ0v) is 30.4. The highest BCUT2D eigenvalue weighted by atomic mass is 16.3. The smallest absolute Gasteiger partial charge is 0.198 e. The summed E-state index contributed by atoms with van der Waals surface area (Å²) in [6, 6.07) is 58.5. The molecule has 0 fully saturated rings. The highest BCUT2D eigenvalue weighted by Gasteiger charge is 2.48. The summed E-state index contributed by atoms with van der Waals surface area (Å²) in [6.45, 7) is 2.29. The average molecular weight is 695 g/mol. The second kappa shape index (κ2) is 12.1. The van der Waals surface area contributed by atoms with E-state index in [0.717, 1.165) is 46.7 Å². The van der Waals surface area contributed by atoms with Crippen LogP contribution in [0.15, 0.2) is 162 Å². The molecule has 9 aromatic rings. The number of aryl methyl sites for hydroxylation is 1. The molecule has 7 aromatic carbocycles. The molecule has 0 atom stereocenters. The Morgan fingerprint density at radius 2 is 1.31 bits per heavy atom. The number of rotatable bonds is 7. The number of nitrogens with zero attached hydrogens (tertiary/aromatic N) is 1. The van der Waals surface area contributed by atoms with Crippen LogP contribution in [0.1, 0.15) is 54.0 Å². The van der Waals surface area contributed by atoms with E-state index in [-0.39, 0.29) is 0 Å². The van der Waals surface area contributed by atoms with Gasteiger partial charge in [0.2, 0.25) is 0 Å². The van der Waals surface area contributed by atoms with Gasteiger partial charge in [-0.3, -0.25) is 0 Å². The van der Waals surface area contributed by atoms with Gasteiger partial charge < -0.3 is 14.3 Å². The summed E-state index contributed by atoms with van der Waals surface area (Å²) in [5.74, 6) is 0. The van der Waals surface area contributed by atoms with E-state index in [2.05, 4.69) is 168 Å². The lowest BCUT2D eigenvalue weighted by Crippen LogP contribution is -2.47. The largest absolute Gasteiger partial charge is 0.454 e. The number of furan rings is 1. The number of unbranched alkanes of at least 4 members (excludes halogenated alkanes) is 2. The molecule has 3 nitrogen and oxygen atoms in total. The Balaban J connectivity index is 1.20. The first-order valence-corrected chi connectivity index (χ1v) is 19.5. The van der Waals surface area contributed by atoms with Crippen molar-refractivity contribution in [1.82, 2.24) is 4.98 Å². The van der Waals surface area contributed by atoms with E-state index in [9.17, 15) is 0 Å². The minimum absolute atomic E-state index is 0.479. The Labute approximate surface area is 316 Å². The molecule has 4 heteroatoms. The summed E-state index contributed by atoms with van der Waals surface area (Å²) >= 11 is 0. The molecule has 0 saturated heterocycles. The molecule has 11 rings (SSSR count). The van der Waals surface area contributed by atoms with E-state index in [1.54, 1.807) is 0 Å². The summed E-state index contributed by atoms with van der Waals surface area (Å²) in [6.07, 6.45) is 4.63. The van der Waals surface area contributed by atoms with Crippen molar-refractivity contribution in [2.24, 2.45) is 0 Å². The number of hydrogen-bond donors (Lipinski definition) is 1. The van der Waals surface area contributed by atoms with Gasteiger partial charge in [0.1, 0.15) is 5.58 Å². The van der Waals surface area contributed by atoms with Gasteiger partial charge in [-0.25, -0.2) is 0 Å². The summed E-state index contributed by atoms with van der Waals surface area (Å²) in [4.78, 5) is 6.48. The fraction of sp³-hybridized carbons (Fsp3) is 0.120. The van der Waals surface area contributed by atoms with Crippen LogP contribution < -0.4 is 15.8 Å². The normalized spacial score (nSPS) is 13.8. The van der Waals surface area contributed by atoms with Gasteiger partial charge in [-0.15, -0.1) is 0 Å². The topological polar surface area (TPSA) is 32.2 Å². The molecule has 0 amide bonds. The van der Waals surface area contributed by atoms with Crippen LogP contribution in [0.5, 0.6) is 0 Å². The molecule has 2 aromatic heterocycles. The first-order chi connectivity index (χ1) is 26.8. The molecule has 0 aliphatic carbocycles. The number of H-pyrrole nitrogens is 1. The first-order valence-electron chi connectivity index (χ1n) is 19.5. The Bertz CT molecular complexity index is 2850. The standard InChI is InChI=1S/C50H39BN2O/c1-2-3-6-17-32-30-38(35-23-15-24-37-46(35)52-47-36-22-11-14-29-44(36)54-49(37)47)45-43(31-32)53-42-28-13-12-25-39(42)50(33-18-7-4-8-19-33,34-20-9-5-10-21-34)40-26-16-27-41(51-45)48(40)53/h4-5,7-16,18-31,51-52H,2-3,6,17H2,1H3. The zero-order valence-electron chi connectivity index (χ0n) is 30.4. The van der Waals surface area contributed by atoms with Crippen molar-refractivity contribution >= 4 is 68.2 Å². The lowest BCUT2D eigenvalue weighted by Gasteiger charge is -2.49. The molecule has 1 N–H and O–H groups in total. The molecule has 54 heavy (non-hydrogen) atoms. The first kappa shape index (κ1) is 31.3. The third-order valence-electron chi connectivity index (χ3n) is 12.1. The fourth-order valence-electron chi connectivity index (χ4n) is 9.81. The van der Waals surface area contributed by atoms with Crippen molar-refractivity contribution in [2.75, 3.05) is 4.90 Å². The van der Waals surface area contributed by atoms with Crippen LogP contribution in [0.3, 0.4) is 0 Å². The minimum Gasteiger partial charge on any atom is -0.454 e. The van der Waals surface area contributed by atoms with E-state index in [0.29, 0.717) is 0 Å². The van der Waals surface area contributed by atoms with Crippen molar-refractivity contribution in [3.8, 4) is 11.1 Å². The molecule has 258 valence electrons. The molecular weight excluding hydrogens is 655 g/mol. The van der Waals surface area contributed by atoms with Gasteiger partial charge in [0.25, 0.3) is 0 Å². The Morgan fingerprint density at radius 1 is 0.611 bits per heavy atom. The molecule has 0 spiro atoms. The number of benzene rings is 7. The van der Waals surface area contributed by atoms with Crippen LogP contribution in [0.25, 0.3) is 44.1 Å². The number of aromatic amines is 1. The molecule has 2 aliphatic rings. The second-order valence-electron chi connectivity index (χ2n) is 15.1. The van der Waals surface area contributed by atoms with Crippen molar-refractivity contribution in [1.29, 1.82) is 0 Å². The SMILES string of the molecule is CCCCCc1cc(-c2cccc3c2[nH]c2c4ccccc4oc32)c2c(c1)N1c3ccccc3C(c3ccccc3)(c3ccccc3)c3cccc(c31)B2. The Hall–Kier alpha value is -6.26. The monoisotopic (exact) mass is 694 g/mol. The van der Waals surface area contributed by atoms with Gasteiger partial charge in [-0.05, 0) is 82.0 Å². The van der Waals surface area contributed by atoms with E-state index in [4.69, 9.17) is 4.42 Å². The Kier molecular flexibility index (Phi) is 7.04. The van der Waals surface area contributed by atoms with Crippen LogP contribution in [-0.4, -0.2) is 12.3 Å². The van der Waals surface area contributed by atoms with Crippen LogP contribution in [-0.2, 0) is 11.8 Å². The fourth-order valence-corrected chi connectivity index (χ4v) is 9.81. The number of anilines is 3. The van der Waals surface area contributed by atoms with E-state index >= 15 is 0 Å². The number of para-hydroxylation sites is 4. The van der Waals surface area contributed by atoms with Crippen molar-refractivity contribution in [3.63, 3.8) is 0 Å². The number of nitrogens with one attached hydrogen (secondary N) is 1. The van der Waals surface area contributed by atoms with Gasteiger partial charge in [0.05, 0.1) is 22.1 Å². The van der Waals surface area contributed by atoms with Crippen molar-refractivity contribution in [2.45, 2.75) is 38.0 Å². The molecular formula is C50H39BN2O. The van der Waals surface area contributed by atoms with Gasteiger partial charge in [-0.2, -0.15) is 0 Å². The molecule has 4 heterocycles. The third kappa shape index (κ3) is 4.37. The van der Waals surface area contributed by atoms with Crippen LogP contribution in [0, 0.1) is 0 Å². The van der Waals surface area contributed by atoms with Crippen molar-refractivity contribution in [3.05, 3.63) is 186 Å². The second-order valence-corrected chi connectivity index (χ2v) is 15.1. The highest BCUT2D eigenvalue weighted by Crippen LogP contribution is 2.57. The van der Waals surface area contributed by atoms with E-state index in [1.807, 2.05) is 6.07 Å². The predicted octanol–water partition coefficient (Wildman–Crippen LogP) is 11.3. The highest BCUT2D eigenvalue weighted by molar-refractivity contribution is 6.73. The van der Waals surface area contributed by atoms with E-state index < -0.39 is 5.41 Å². The van der Waals surface area contributed by atoms with Crippen LogP contribution in [0.4, 0.5) is 17.1 Å². The number of hydrogen-bond acceptors (Lipinski definition) is 2. The maximum atomic E-state index is 6.49. The Morgan fingerprint density at radius 3 is 2.13 bits per heavy atom. The maximum Gasteiger partial charge on any atom is 0.198 e. The van der Waals surface area contributed by atoms with Gasteiger partial charge in [-0.1, -0.05) is 153 Å².